The van der Waals surface area contributed by atoms with E-state index in [2.05, 4.69) is 55.3 Å². The van der Waals surface area contributed by atoms with Gasteiger partial charge in [0.25, 0.3) is 0 Å². The number of aliphatic imine (C=N–C) groups is 1. The number of nitrogens with two attached hydrogens (primary N) is 1. The van der Waals surface area contributed by atoms with E-state index in [1.807, 2.05) is 4.90 Å². The molecule has 0 spiro atoms. The molecule has 0 saturated carbocycles. The smallest absolute Gasteiger partial charge is 0.222 e. The summed E-state index contributed by atoms with van der Waals surface area (Å²) in [5.41, 5.74) is 8.29. The third-order valence-electron chi connectivity index (χ3n) is 4.81. The van der Waals surface area contributed by atoms with Gasteiger partial charge in [-0.3, -0.25) is 4.79 Å². The Hall–Kier alpha value is -2.04. The fourth-order valence-corrected chi connectivity index (χ4v) is 3.22. The van der Waals surface area contributed by atoms with E-state index in [4.69, 9.17) is 5.73 Å². The maximum Gasteiger partial charge on any atom is 0.222 e. The van der Waals surface area contributed by atoms with Crippen LogP contribution < -0.4 is 11.1 Å². The van der Waals surface area contributed by atoms with E-state index < -0.39 is 0 Å². The van der Waals surface area contributed by atoms with Crippen LogP contribution in [0.1, 0.15) is 64.0 Å². The van der Waals surface area contributed by atoms with Crippen LogP contribution in [-0.2, 0) is 17.9 Å². The highest BCUT2D eigenvalue weighted by Gasteiger charge is 2.19. The Kier molecular flexibility index (Phi) is 7.95. The Morgan fingerprint density at radius 2 is 1.88 bits per heavy atom. The van der Waals surface area contributed by atoms with Gasteiger partial charge in [0.15, 0.2) is 5.96 Å². The standard InChI is InChI=1S/C21H34N4O/c1-16(2)6-4-7-17(3)24-21(22)23-14-18-9-11-19(12-10-18)15-25-13-5-8-20(25)26/h9-12,16-17H,4-8,13-15H2,1-3H3,(H3,22,23,24). The molecule has 1 amide bonds. The SMILES string of the molecule is CC(C)CCCC(C)NC(N)=NCc1ccc(CN2CCCC2=O)cc1. The summed E-state index contributed by atoms with van der Waals surface area (Å²) in [5, 5.41) is 3.27. The van der Waals surface area contributed by atoms with Crippen molar-refractivity contribution in [3.63, 3.8) is 0 Å². The molecule has 1 heterocycles. The first kappa shape index (κ1) is 20.3. The highest BCUT2D eigenvalue weighted by atomic mass is 16.2. The number of nitrogens with one attached hydrogen (secondary N) is 1. The third kappa shape index (κ3) is 7.06. The normalized spacial score (nSPS) is 16.4. The summed E-state index contributed by atoms with van der Waals surface area (Å²) in [7, 11) is 0. The minimum absolute atomic E-state index is 0.264. The van der Waals surface area contributed by atoms with Crippen LogP contribution in [0, 0.1) is 5.92 Å². The maximum atomic E-state index is 11.7. The van der Waals surface area contributed by atoms with Crippen molar-refractivity contribution in [2.24, 2.45) is 16.6 Å². The molecule has 0 bridgehead atoms. The predicted octanol–water partition coefficient (Wildman–Crippen LogP) is 3.43. The van der Waals surface area contributed by atoms with Gasteiger partial charge in [0.2, 0.25) is 5.91 Å². The van der Waals surface area contributed by atoms with Gasteiger partial charge >= 0.3 is 0 Å². The summed E-state index contributed by atoms with van der Waals surface area (Å²) in [6.45, 7) is 8.81. The van der Waals surface area contributed by atoms with Crippen molar-refractivity contribution in [2.75, 3.05) is 6.54 Å². The van der Waals surface area contributed by atoms with Crippen molar-refractivity contribution in [3.8, 4) is 0 Å². The number of amides is 1. The van der Waals surface area contributed by atoms with Gasteiger partial charge < -0.3 is 16.0 Å². The quantitative estimate of drug-likeness (QED) is 0.525. The van der Waals surface area contributed by atoms with Crippen molar-refractivity contribution in [3.05, 3.63) is 35.4 Å². The Bertz CT molecular complexity index is 595. The van der Waals surface area contributed by atoms with E-state index in [9.17, 15) is 4.79 Å². The average Bonchev–Trinajstić information content (AvgIpc) is 2.99. The van der Waals surface area contributed by atoms with E-state index in [0.29, 0.717) is 31.5 Å². The monoisotopic (exact) mass is 358 g/mol. The van der Waals surface area contributed by atoms with Gasteiger partial charge in [-0.2, -0.15) is 0 Å². The number of likely N-dealkylation sites (tertiary alicyclic amines) is 1. The van der Waals surface area contributed by atoms with Gasteiger partial charge in [-0.1, -0.05) is 51.0 Å². The van der Waals surface area contributed by atoms with Gasteiger partial charge in [-0.15, -0.1) is 0 Å². The van der Waals surface area contributed by atoms with Crippen LogP contribution in [0.15, 0.2) is 29.3 Å². The molecule has 26 heavy (non-hydrogen) atoms. The van der Waals surface area contributed by atoms with Gasteiger partial charge in [-0.05, 0) is 36.8 Å². The molecule has 1 aromatic rings. The van der Waals surface area contributed by atoms with Crippen molar-refractivity contribution < 1.29 is 4.79 Å². The van der Waals surface area contributed by atoms with Gasteiger partial charge in [0.05, 0.1) is 6.54 Å². The van der Waals surface area contributed by atoms with Crippen LogP contribution in [0.4, 0.5) is 0 Å². The fourth-order valence-electron chi connectivity index (χ4n) is 3.22. The number of nitrogens with zero attached hydrogens (tertiary/aromatic N) is 2. The van der Waals surface area contributed by atoms with Crippen LogP contribution in [0.3, 0.4) is 0 Å². The van der Waals surface area contributed by atoms with Crippen LogP contribution >= 0.6 is 0 Å². The summed E-state index contributed by atoms with van der Waals surface area (Å²) in [5.74, 6) is 1.52. The largest absolute Gasteiger partial charge is 0.370 e. The third-order valence-corrected chi connectivity index (χ3v) is 4.81. The van der Waals surface area contributed by atoms with E-state index >= 15 is 0 Å². The van der Waals surface area contributed by atoms with Crippen LogP contribution in [0.25, 0.3) is 0 Å². The molecule has 1 aromatic carbocycles. The summed E-state index contributed by atoms with van der Waals surface area (Å²) in [6.07, 6.45) is 5.24. The van der Waals surface area contributed by atoms with Crippen LogP contribution in [-0.4, -0.2) is 29.4 Å². The second-order valence-electron chi connectivity index (χ2n) is 7.81. The van der Waals surface area contributed by atoms with Crippen molar-refractivity contribution in [2.45, 2.75) is 72.0 Å². The predicted molar refractivity (Wildman–Crippen MR) is 108 cm³/mol. The lowest BCUT2D eigenvalue weighted by molar-refractivity contribution is -0.128. The molecule has 0 aromatic heterocycles. The molecular formula is C21H34N4O. The lowest BCUT2D eigenvalue weighted by atomic mass is 10.0. The molecule has 1 unspecified atom stereocenters. The molecule has 1 aliphatic heterocycles. The summed E-state index contributed by atoms with van der Waals surface area (Å²) in [6, 6.07) is 8.64. The summed E-state index contributed by atoms with van der Waals surface area (Å²) >= 11 is 0. The maximum absolute atomic E-state index is 11.7. The lowest BCUT2D eigenvalue weighted by Gasteiger charge is -2.16. The number of rotatable bonds is 9. The Morgan fingerprint density at radius 1 is 1.19 bits per heavy atom. The molecule has 2 rings (SSSR count). The van der Waals surface area contributed by atoms with Gasteiger partial charge in [-0.25, -0.2) is 4.99 Å². The van der Waals surface area contributed by atoms with Crippen molar-refractivity contribution in [1.82, 2.24) is 10.2 Å². The Labute approximate surface area is 158 Å². The van der Waals surface area contributed by atoms with Crippen LogP contribution in [0.5, 0.6) is 0 Å². The zero-order chi connectivity index (χ0) is 18.9. The van der Waals surface area contributed by atoms with E-state index in [1.54, 1.807) is 0 Å². The molecule has 1 saturated heterocycles. The number of benzene rings is 1. The first-order valence-corrected chi connectivity index (χ1v) is 9.86. The van der Waals surface area contributed by atoms with Gasteiger partial charge in [0, 0.05) is 25.6 Å². The molecule has 144 valence electrons. The molecule has 5 heteroatoms. The second-order valence-corrected chi connectivity index (χ2v) is 7.81. The number of hydrogen-bond acceptors (Lipinski definition) is 2. The first-order valence-electron chi connectivity index (χ1n) is 9.86. The molecule has 1 aliphatic rings. The lowest BCUT2D eigenvalue weighted by Crippen LogP contribution is -2.38. The summed E-state index contributed by atoms with van der Waals surface area (Å²) < 4.78 is 0. The highest BCUT2D eigenvalue weighted by molar-refractivity contribution is 5.78. The molecule has 0 aliphatic carbocycles. The minimum Gasteiger partial charge on any atom is -0.370 e. The first-order chi connectivity index (χ1) is 12.4. The molecule has 5 nitrogen and oxygen atoms in total. The van der Waals surface area contributed by atoms with Gasteiger partial charge in [0.1, 0.15) is 0 Å². The molecule has 0 radical (unpaired) electrons. The topological polar surface area (TPSA) is 70.7 Å². The number of carbonyl (C=O) groups is 1. The highest BCUT2D eigenvalue weighted by Crippen LogP contribution is 2.15. The number of hydrogen-bond donors (Lipinski definition) is 2. The summed E-state index contributed by atoms with van der Waals surface area (Å²) in [4.78, 5) is 18.1. The average molecular weight is 359 g/mol. The number of carbonyl (C=O) groups excluding carboxylic acids is 1. The zero-order valence-corrected chi connectivity index (χ0v) is 16.5. The minimum atomic E-state index is 0.264. The van der Waals surface area contributed by atoms with E-state index in [0.717, 1.165) is 36.4 Å². The molecule has 1 fully saturated rings. The Balaban J connectivity index is 1.75. The molecule has 1 atom stereocenters. The Morgan fingerprint density at radius 3 is 2.50 bits per heavy atom. The molecule has 3 N–H and O–H groups in total. The van der Waals surface area contributed by atoms with Crippen molar-refractivity contribution in [1.29, 1.82) is 0 Å². The number of guanidine groups is 1. The fraction of sp³-hybridized carbons (Fsp3) is 0.619. The van der Waals surface area contributed by atoms with Crippen LogP contribution in [0.2, 0.25) is 0 Å². The second kappa shape index (κ2) is 10.2. The molecular weight excluding hydrogens is 324 g/mol. The van der Waals surface area contributed by atoms with E-state index in [1.165, 1.54) is 12.8 Å². The van der Waals surface area contributed by atoms with Crippen molar-refractivity contribution >= 4 is 11.9 Å². The van der Waals surface area contributed by atoms with E-state index in [-0.39, 0.29) is 5.91 Å². The zero-order valence-electron chi connectivity index (χ0n) is 16.5.